The zero-order valence-electron chi connectivity index (χ0n) is 15.6. The Hall–Kier alpha value is -3.59. The summed E-state index contributed by atoms with van der Waals surface area (Å²) < 4.78 is 5.51. The molecule has 15 heteroatoms. The fraction of sp³-hybridized carbons (Fsp3) is 0.250. The lowest BCUT2D eigenvalue weighted by Gasteiger charge is -2.49. The Balaban J connectivity index is 1.52. The molecule has 1 unspecified atom stereocenters. The highest BCUT2D eigenvalue weighted by atomic mass is 32.2. The fourth-order valence-corrected chi connectivity index (χ4v) is 4.98. The van der Waals surface area contributed by atoms with E-state index in [1.54, 1.807) is 29.4 Å². The summed E-state index contributed by atoms with van der Waals surface area (Å²) in [6, 6.07) is 0.720. The second kappa shape index (κ2) is 8.27. The van der Waals surface area contributed by atoms with Gasteiger partial charge in [0, 0.05) is 28.9 Å². The number of rotatable bonds is 6. The summed E-state index contributed by atoms with van der Waals surface area (Å²) in [4.78, 5) is 46.0. The monoisotopic (exact) mass is 463 g/mol. The Morgan fingerprint density at radius 3 is 2.87 bits per heavy atom. The van der Waals surface area contributed by atoms with E-state index in [1.807, 2.05) is 0 Å². The van der Waals surface area contributed by atoms with Gasteiger partial charge in [0.05, 0.1) is 6.20 Å². The van der Waals surface area contributed by atoms with Crippen LogP contribution in [-0.2, 0) is 20.9 Å². The van der Waals surface area contributed by atoms with Crippen molar-refractivity contribution in [3.63, 3.8) is 0 Å². The predicted octanol–water partition coefficient (Wildman–Crippen LogP) is -1.58. The average molecular weight is 463 g/mol. The van der Waals surface area contributed by atoms with Gasteiger partial charge in [-0.05, 0) is 0 Å². The van der Waals surface area contributed by atoms with Gasteiger partial charge in [-0.2, -0.15) is 9.36 Å². The van der Waals surface area contributed by atoms with Gasteiger partial charge in [0.2, 0.25) is 11.5 Å². The molecule has 1 saturated heterocycles. The maximum Gasteiger partial charge on any atom is 0.352 e. The number of carboxylic acids is 1. The summed E-state index contributed by atoms with van der Waals surface area (Å²) in [5, 5.41) is 23.7. The third kappa shape index (κ3) is 3.79. The molecule has 0 bridgehead atoms. The van der Waals surface area contributed by atoms with Crippen molar-refractivity contribution in [2.24, 2.45) is 5.16 Å². The van der Waals surface area contributed by atoms with Crippen LogP contribution in [-0.4, -0.2) is 70.2 Å². The molecule has 2 aliphatic rings. The summed E-state index contributed by atoms with van der Waals surface area (Å²) in [7, 11) is 0. The van der Waals surface area contributed by atoms with Gasteiger partial charge in [0.25, 0.3) is 18.1 Å². The molecule has 4 rings (SSSR count). The summed E-state index contributed by atoms with van der Waals surface area (Å²) >= 11 is 2.13. The molecule has 1 fully saturated rings. The molecule has 2 aromatic heterocycles. The third-order valence-corrected chi connectivity index (χ3v) is 6.43. The molecule has 4 heterocycles. The van der Waals surface area contributed by atoms with Crippen LogP contribution < -0.4 is 15.6 Å². The van der Waals surface area contributed by atoms with Gasteiger partial charge in [-0.3, -0.25) is 14.5 Å². The topological polar surface area (TPSA) is 188 Å². The lowest BCUT2D eigenvalue weighted by Crippen LogP contribution is -2.71. The molecule has 0 saturated carbocycles. The smallest absolute Gasteiger partial charge is 0.352 e. The van der Waals surface area contributed by atoms with E-state index >= 15 is 0 Å². The Labute approximate surface area is 182 Å². The minimum Gasteiger partial charge on any atom is -0.477 e. The Bertz CT molecular complexity index is 1120. The highest BCUT2D eigenvalue weighted by molar-refractivity contribution is 8.00. The van der Waals surface area contributed by atoms with Gasteiger partial charge in [0.1, 0.15) is 29.9 Å². The van der Waals surface area contributed by atoms with Crippen LogP contribution in [0, 0.1) is 0 Å². The number of amides is 2. The first-order valence-electron chi connectivity index (χ1n) is 8.72. The van der Waals surface area contributed by atoms with Gasteiger partial charge < -0.3 is 21.4 Å². The normalized spacial score (nSPS) is 20.8. The number of anilines is 1. The number of aromatic nitrogens is 4. The Morgan fingerprint density at radius 2 is 2.26 bits per heavy atom. The Kier molecular flexibility index (Phi) is 5.51. The zero-order chi connectivity index (χ0) is 22.1. The molecular formula is C16H15N8O5S2+. The number of thioether (sulfide) groups is 1. The second-order valence-corrected chi connectivity index (χ2v) is 8.34. The van der Waals surface area contributed by atoms with Crippen LogP contribution in [0.3, 0.4) is 0 Å². The van der Waals surface area contributed by atoms with Crippen LogP contribution in [0.25, 0.3) is 0 Å². The van der Waals surface area contributed by atoms with E-state index in [1.165, 1.54) is 11.8 Å². The van der Waals surface area contributed by atoms with Gasteiger partial charge >= 0.3 is 5.97 Å². The zero-order valence-corrected chi connectivity index (χ0v) is 17.2. The summed E-state index contributed by atoms with van der Waals surface area (Å²) in [6.07, 6.45) is 4.89. The highest BCUT2D eigenvalue weighted by Gasteiger charge is 2.54. The van der Waals surface area contributed by atoms with Crippen LogP contribution in [0.4, 0.5) is 5.13 Å². The maximum absolute atomic E-state index is 12.7. The molecule has 0 spiro atoms. The summed E-state index contributed by atoms with van der Waals surface area (Å²) in [5.74, 6) is -2.53. The number of nitrogen functional groups attached to an aromatic ring is 1. The van der Waals surface area contributed by atoms with Crippen LogP contribution in [0.1, 0.15) is 5.82 Å². The first-order valence-corrected chi connectivity index (χ1v) is 10.5. The molecule has 2 aliphatic heterocycles. The van der Waals surface area contributed by atoms with Crippen molar-refractivity contribution < 1.29 is 29.3 Å². The number of hydrogen-bond acceptors (Lipinski definition) is 11. The molecule has 31 heavy (non-hydrogen) atoms. The third-order valence-electron chi connectivity index (χ3n) is 4.54. The van der Waals surface area contributed by atoms with Crippen molar-refractivity contribution >= 4 is 51.9 Å². The van der Waals surface area contributed by atoms with Crippen molar-refractivity contribution in [3.05, 3.63) is 41.9 Å². The maximum atomic E-state index is 12.7. The minimum absolute atomic E-state index is 0.0768. The second-order valence-electron chi connectivity index (χ2n) is 6.45. The number of carboxylic acid groups (broad SMARTS) is 1. The first kappa shape index (κ1) is 20.7. The van der Waals surface area contributed by atoms with E-state index in [0.29, 0.717) is 11.3 Å². The van der Waals surface area contributed by atoms with E-state index in [4.69, 9.17) is 10.9 Å². The Morgan fingerprint density at radius 1 is 1.45 bits per heavy atom. The van der Waals surface area contributed by atoms with Crippen molar-refractivity contribution in [1.29, 1.82) is 0 Å². The number of β-lactam (4-membered cyclic amide) rings is 1. The van der Waals surface area contributed by atoms with Crippen molar-refractivity contribution in [3.8, 4) is 0 Å². The molecule has 160 valence electrons. The predicted molar refractivity (Wildman–Crippen MR) is 107 cm³/mol. The van der Waals surface area contributed by atoms with E-state index < -0.39 is 34.9 Å². The van der Waals surface area contributed by atoms with Gasteiger partial charge in [-0.15, -0.1) is 11.8 Å². The van der Waals surface area contributed by atoms with E-state index in [2.05, 4.69) is 24.8 Å². The molecular weight excluding hydrogens is 448 g/mol. The first-order chi connectivity index (χ1) is 14.9. The fourth-order valence-electron chi connectivity index (χ4n) is 3.21. The molecule has 2 aromatic rings. The number of hydrogen-bond donors (Lipinski definition) is 4. The number of nitrogens with zero attached hydrogens (tertiary/aromatic N) is 6. The highest BCUT2D eigenvalue weighted by Crippen LogP contribution is 2.40. The number of carbonyl (C=O) groups excluding carboxylic acids is 2. The molecule has 0 aliphatic carbocycles. The number of fused-ring (bicyclic) bond motifs is 1. The van der Waals surface area contributed by atoms with Gasteiger partial charge in [0.15, 0.2) is 5.13 Å². The van der Waals surface area contributed by atoms with Crippen molar-refractivity contribution in [2.45, 2.75) is 18.0 Å². The van der Waals surface area contributed by atoms with E-state index in [0.717, 1.165) is 16.4 Å². The number of oxime groups is 1. The van der Waals surface area contributed by atoms with Gasteiger partial charge in [-0.25, -0.2) is 9.36 Å². The molecule has 0 radical (unpaired) electrons. The average Bonchev–Trinajstić information content (AvgIpc) is 3.18. The van der Waals surface area contributed by atoms with Crippen LogP contribution in [0.2, 0.25) is 0 Å². The summed E-state index contributed by atoms with van der Waals surface area (Å²) in [6.45, 7) is 0.258. The molecule has 5 N–H and O–H groups in total. The van der Waals surface area contributed by atoms with Crippen molar-refractivity contribution in [1.82, 2.24) is 24.6 Å². The lowest BCUT2D eigenvalue weighted by molar-refractivity contribution is -0.692. The number of nitrogens with one attached hydrogen (secondary N) is 1. The number of nitrogens with two attached hydrogens (primary N) is 1. The van der Waals surface area contributed by atoms with E-state index in [-0.39, 0.29) is 23.2 Å². The SMILES string of the molecule is Nc1nc(/C(=N/O)C(=O)N[C@@H]2C(=O)N3C(C(=O)O)=C(C[n+]4cccnc4)CSC23)ns1. The number of aliphatic carboxylic acids is 1. The van der Waals surface area contributed by atoms with Crippen molar-refractivity contribution in [2.75, 3.05) is 11.5 Å². The molecule has 2 amide bonds. The lowest BCUT2D eigenvalue weighted by atomic mass is 10.0. The van der Waals surface area contributed by atoms with Crippen LogP contribution in [0.5, 0.6) is 0 Å². The largest absolute Gasteiger partial charge is 0.477 e. The molecule has 13 nitrogen and oxygen atoms in total. The van der Waals surface area contributed by atoms with Crippen LogP contribution >= 0.6 is 23.3 Å². The minimum atomic E-state index is -1.23. The summed E-state index contributed by atoms with van der Waals surface area (Å²) in [5.41, 5.74) is 5.42. The molecule has 0 aromatic carbocycles. The quantitative estimate of drug-likeness (QED) is 0.128. The van der Waals surface area contributed by atoms with Gasteiger partial charge in [-0.1, -0.05) is 10.1 Å². The molecule has 2 atom stereocenters. The standard InChI is InChI=1S/C16H14N8O5S2/c17-16-20-11(22-31-16)8(21-29)12(25)19-9-13(26)24-10(15(27)28)7(5-30-14(9)24)4-23-3-1-2-18-6-23/h1-3,6,9,14H,4-5H2,(H4-,17,19,20,22,25,27,28,29)/p+1/t9-,14?/m1/s1. The van der Waals surface area contributed by atoms with E-state index in [9.17, 15) is 19.5 Å². The number of carbonyl (C=O) groups is 3. The van der Waals surface area contributed by atoms with Crippen LogP contribution in [0.15, 0.2) is 41.2 Å².